The topological polar surface area (TPSA) is 69.6 Å². The lowest BCUT2D eigenvalue weighted by Gasteiger charge is -2.16. The van der Waals surface area contributed by atoms with Crippen LogP contribution in [0.4, 0.5) is 4.39 Å². The van der Waals surface area contributed by atoms with Crippen LogP contribution in [0, 0.1) is 5.82 Å². The van der Waals surface area contributed by atoms with Crippen molar-refractivity contribution in [2.24, 2.45) is 4.99 Å². The highest BCUT2D eigenvalue weighted by atomic mass is 19.1. The Morgan fingerprint density at radius 3 is 3.04 bits per heavy atom. The van der Waals surface area contributed by atoms with Crippen LogP contribution in [-0.4, -0.2) is 47.9 Å². The molecule has 1 saturated heterocycles. The van der Waals surface area contributed by atoms with Crippen LogP contribution in [-0.2, 0) is 11.3 Å². The smallest absolute Gasteiger partial charge is 0.222 e. The van der Waals surface area contributed by atoms with E-state index in [9.17, 15) is 9.18 Å². The summed E-state index contributed by atoms with van der Waals surface area (Å²) in [7, 11) is 0. The summed E-state index contributed by atoms with van der Waals surface area (Å²) in [4.78, 5) is 21.7. The number of hydrogen-bond acceptors (Lipinski definition) is 3. The molecular formula is C16H24FN5O. The molecule has 1 amide bonds. The molecule has 0 radical (unpaired) electrons. The van der Waals surface area contributed by atoms with Crippen LogP contribution < -0.4 is 10.6 Å². The number of aromatic nitrogens is 1. The van der Waals surface area contributed by atoms with Crippen LogP contribution in [0.1, 0.15) is 31.9 Å². The molecule has 2 heterocycles. The average molecular weight is 321 g/mol. The minimum absolute atomic E-state index is 0.187. The van der Waals surface area contributed by atoms with Crippen LogP contribution in [0.5, 0.6) is 0 Å². The van der Waals surface area contributed by atoms with Crippen molar-refractivity contribution in [1.29, 1.82) is 0 Å². The fourth-order valence-corrected chi connectivity index (χ4v) is 2.45. The highest BCUT2D eigenvalue weighted by Gasteiger charge is 2.18. The molecule has 0 saturated carbocycles. The van der Waals surface area contributed by atoms with Gasteiger partial charge in [-0.1, -0.05) is 0 Å². The number of rotatable bonds is 7. The van der Waals surface area contributed by atoms with Crippen molar-refractivity contribution in [1.82, 2.24) is 20.5 Å². The van der Waals surface area contributed by atoms with Crippen molar-refractivity contribution in [2.75, 3.05) is 26.2 Å². The van der Waals surface area contributed by atoms with Gasteiger partial charge >= 0.3 is 0 Å². The van der Waals surface area contributed by atoms with Crippen LogP contribution in [0.2, 0.25) is 0 Å². The zero-order chi connectivity index (χ0) is 16.5. The maximum Gasteiger partial charge on any atom is 0.222 e. The summed E-state index contributed by atoms with van der Waals surface area (Å²) in [5.41, 5.74) is 0.326. The summed E-state index contributed by atoms with van der Waals surface area (Å²) in [6.07, 6.45) is 4.05. The molecule has 1 aliphatic heterocycles. The molecule has 1 fully saturated rings. The lowest BCUT2D eigenvalue weighted by molar-refractivity contribution is -0.127. The number of guanidine groups is 1. The maximum absolute atomic E-state index is 13.5. The molecule has 2 rings (SSSR count). The van der Waals surface area contributed by atoms with Gasteiger partial charge in [-0.05, 0) is 31.9 Å². The van der Waals surface area contributed by atoms with E-state index in [4.69, 9.17) is 0 Å². The Labute approximate surface area is 136 Å². The van der Waals surface area contributed by atoms with Crippen molar-refractivity contribution in [3.63, 3.8) is 0 Å². The van der Waals surface area contributed by atoms with E-state index in [2.05, 4.69) is 20.6 Å². The van der Waals surface area contributed by atoms with E-state index in [1.165, 1.54) is 6.07 Å². The van der Waals surface area contributed by atoms with E-state index in [-0.39, 0.29) is 18.3 Å². The SMILES string of the molecule is CCNC(=NCc1ncccc1F)NCCCN1CCCC1=O. The average Bonchev–Trinajstić information content (AvgIpc) is 2.95. The molecule has 0 spiro atoms. The van der Waals surface area contributed by atoms with Crippen LogP contribution in [0.25, 0.3) is 0 Å². The summed E-state index contributed by atoms with van der Waals surface area (Å²) < 4.78 is 13.5. The van der Waals surface area contributed by atoms with E-state index in [1.54, 1.807) is 12.3 Å². The van der Waals surface area contributed by atoms with Gasteiger partial charge in [0, 0.05) is 38.8 Å². The number of carbonyl (C=O) groups is 1. The molecule has 126 valence electrons. The predicted octanol–water partition coefficient (Wildman–Crippen LogP) is 1.29. The first-order valence-corrected chi connectivity index (χ1v) is 8.10. The second-order valence-electron chi connectivity index (χ2n) is 5.39. The maximum atomic E-state index is 13.5. The van der Waals surface area contributed by atoms with Crippen LogP contribution in [0.15, 0.2) is 23.3 Å². The molecular weight excluding hydrogens is 297 g/mol. The minimum Gasteiger partial charge on any atom is -0.357 e. The molecule has 0 aromatic carbocycles. The zero-order valence-electron chi connectivity index (χ0n) is 13.5. The van der Waals surface area contributed by atoms with Crippen molar-refractivity contribution in [3.8, 4) is 0 Å². The molecule has 0 unspecified atom stereocenters. The van der Waals surface area contributed by atoms with Gasteiger partial charge in [-0.15, -0.1) is 0 Å². The van der Waals surface area contributed by atoms with E-state index < -0.39 is 0 Å². The lowest BCUT2D eigenvalue weighted by atomic mass is 10.3. The number of carbonyl (C=O) groups excluding carboxylic acids is 1. The van der Waals surface area contributed by atoms with Crippen molar-refractivity contribution in [2.45, 2.75) is 32.7 Å². The van der Waals surface area contributed by atoms with Gasteiger partial charge in [-0.25, -0.2) is 9.38 Å². The summed E-state index contributed by atoms with van der Waals surface area (Å²) in [5.74, 6) is 0.529. The lowest BCUT2D eigenvalue weighted by Crippen LogP contribution is -2.39. The molecule has 1 aromatic heterocycles. The predicted molar refractivity (Wildman–Crippen MR) is 87.4 cm³/mol. The summed E-state index contributed by atoms with van der Waals surface area (Å²) in [6, 6.07) is 2.94. The van der Waals surface area contributed by atoms with Gasteiger partial charge in [0.1, 0.15) is 5.82 Å². The molecule has 0 atom stereocenters. The largest absolute Gasteiger partial charge is 0.357 e. The normalized spacial score (nSPS) is 15.1. The molecule has 2 N–H and O–H groups in total. The molecule has 6 nitrogen and oxygen atoms in total. The van der Waals surface area contributed by atoms with Crippen molar-refractivity contribution in [3.05, 3.63) is 29.8 Å². The number of nitrogens with zero attached hydrogens (tertiary/aromatic N) is 3. The van der Waals surface area contributed by atoms with Crippen molar-refractivity contribution >= 4 is 11.9 Å². The summed E-state index contributed by atoms with van der Waals surface area (Å²) >= 11 is 0. The Hall–Kier alpha value is -2.18. The second kappa shape index (κ2) is 9.07. The third kappa shape index (κ3) is 5.50. The number of likely N-dealkylation sites (tertiary alicyclic amines) is 1. The second-order valence-corrected chi connectivity index (χ2v) is 5.39. The highest BCUT2D eigenvalue weighted by Crippen LogP contribution is 2.09. The number of amides is 1. The van der Waals surface area contributed by atoms with Crippen LogP contribution >= 0.6 is 0 Å². The molecule has 23 heavy (non-hydrogen) atoms. The highest BCUT2D eigenvalue weighted by molar-refractivity contribution is 5.79. The monoisotopic (exact) mass is 321 g/mol. The first-order chi connectivity index (χ1) is 11.2. The van der Waals surface area contributed by atoms with E-state index in [0.717, 1.165) is 32.5 Å². The van der Waals surface area contributed by atoms with Crippen molar-refractivity contribution < 1.29 is 9.18 Å². The van der Waals surface area contributed by atoms with Gasteiger partial charge < -0.3 is 15.5 Å². The molecule has 0 aliphatic carbocycles. The van der Waals surface area contributed by atoms with Gasteiger partial charge in [0.2, 0.25) is 5.91 Å². The Morgan fingerprint density at radius 2 is 2.35 bits per heavy atom. The Bertz CT molecular complexity index is 549. The number of pyridine rings is 1. The zero-order valence-corrected chi connectivity index (χ0v) is 13.5. The van der Waals surface area contributed by atoms with E-state index in [1.807, 2.05) is 11.8 Å². The standard InChI is InChI=1S/C16H24FN5O/c1-2-18-16(21-12-14-13(17)6-3-8-19-14)20-9-5-11-22-10-4-7-15(22)23/h3,6,8H,2,4-5,7,9-12H2,1H3,(H2,18,20,21). The van der Waals surface area contributed by atoms with E-state index in [0.29, 0.717) is 24.6 Å². The Kier molecular flexibility index (Phi) is 6.77. The summed E-state index contributed by atoms with van der Waals surface area (Å²) in [5, 5.41) is 6.32. The third-order valence-electron chi connectivity index (χ3n) is 3.63. The number of aliphatic imine (C=N–C) groups is 1. The van der Waals surface area contributed by atoms with Gasteiger partial charge in [0.05, 0.1) is 12.2 Å². The summed E-state index contributed by atoms with van der Waals surface area (Å²) in [6.45, 7) is 5.22. The number of halogens is 1. The van der Waals surface area contributed by atoms with Crippen LogP contribution in [0.3, 0.4) is 0 Å². The number of hydrogen-bond donors (Lipinski definition) is 2. The van der Waals surface area contributed by atoms with Gasteiger partial charge in [0.15, 0.2) is 5.96 Å². The quantitative estimate of drug-likeness (QED) is 0.451. The van der Waals surface area contributed by atoms with Gasteiger partial charge in [-0.2, -0.15) is 0 Å². The Balaban J connectivity index is 1.77. The molecule has 0 bridgehead atoms. The van der Waals surface area contributed by atoms with E-state index >= 15 is 0 Å². The fraction of sp³-hybridized carbons (Fsp3) is 0.562. The van der Waals surface area contributed by atoms with Gasteiger partial charge in [-0.3, -0.25) is 9.78 Å². The third-order valence-corrected chi connectivity index (χ3v) is 3.63. The molecule has 1 aliphatic rings. The van der Waals surface area contributed by atoms with Gasteiger partial charge in [0.25, 0.3) is 0 Å². The molecule has 7 heteroatoms. The number of nitrogens with one attached hydrogen (secondary N) is 2. The fourth-order valence-electron chi connectivity index (χ4n) is 2.45. The minimum atomic E-state index is -0.348. The Morgan fingerprint density at radius 1 is 1.48 bits per heavy atom. The first kappa shape index (κ1) is 17.2. The molecule has 1 aromatic rings. The first-order valence-electron chi connectivity index (χ1n) is 8.10.